The van der Waals surface area contributed by atoms with E-state index in [0.29, 0.717) is 18.0 Å². The van der Waals surface area contributed by atoms with Gasteiger partial charge in [0.2, 0.25) is 0 Å². The van der Waals surface area contributed by atoms with Crippen LogP contribution in [0.15, 0.2) is 36.7 Å². The predicted molar refractivity (Wildman–Crippen MR) is 137 cm³/mol. The standard InChI is InChI=1S/C29H44N2O2/c1-5-7-9-11-12-13-15-24-22-30-28(31-23-24)25-16-18-26(19-17-25)33-27(32)21-29(3,4)20-14-10-8-6-2/h16-19,22-23H,5-15,20-21H2,1-4H3. The number of rotatable bonds is 16. The highest BCUT2D eigenvalue weighted by atomic mass is 16.5. The van der Waals surface area contributed by atoms with Crippen LogP contribution in [-0.4, -0.2) is 15.9 Å². The number of benzene rings is 1. The van der Waals surface area contributed by atoms with Gasteiger partial charge in [0, 0.05) is 18.0 Å². The summed E-state index contributed by atoms with van der Waals surface area (Å²) < 4.78 is 5.59. The maximum atomic E-state index is 12.4. The molecule has 0 aliphatic carbocycles. The van der Waals surface area contributed by atoms with E-state index < -0.39 is 0 Å². The lowest BCUT2D eigenvalue weighted by Gasteiger charge is -2.23. The van der Waals surface area contributed by atoms with Crippen molar-refractivity contribution in [2.75, 3.05) is 0 Å². The molecule has 0 aliphatic heterocycles. The average Bonchev–Trinajstić information content (AvgIpc) is 2.79. The third-order valence-corrected chi connectivity index (χ3v) is 6.20. The molecule has 0 unspecified atom stereocenters. The second kappa shape index (κ2) is 14.8. The van der Waals surface area contributed by atoms with Crippen LogP contribution in [0.5, 0.6) is 5.75 Å². The Labute approximate surface area is 201 Å². The summed E-state index contributed by atoms with van der Waals surface area (Å²) in [7, 11) is 0. The van der Waals surface area contributed by atoms with Gasteiger partial charge in [-0.05, 0) is 54.5 Å². The van der Waals surface area contributed by atoms with Crippen LogP contribution in [0, 0.1) is 5.41 Å². The highest BCUT2D eigenvalue weighted by molar-refractivity contribution is 5.73. The summed E-state index contributed by atoms with van der Waals surface area (Å²) in [6, 6.07) is 7.49. The molecule has 0 atom stereocenters. The van der Waals surface area contributed by atoms with E-state index >= 15 is 0 Å². The lowest BCUT2D eigenvalue weighted by Crippen LogP contribution is -2.20. The van der Waals surface area contributed by atoms with E-state index in [2.05, 4.69) is 37.7 Å². The summed E-state index contributed by atoms with van der Waals surface area (Å²) in [4.78, 5) is 21.5. The van der Waals surface area contributed by atoms with Gasteiger partial charge < -0.3 is 4.74 Å². The zero-order valence-electron chi connectivity index (χ0n) is 21.4. The Hall–Kier alpha value is -2.23. The van der Waals surface area contributed by atoms with Gasteiger partial charge in [-0.15, -0.1) is 0 Å². The van der Waals surface area contributed by atoms with Gasteiger partial charge >= 0.3 is 5.97 Å². The number of carbonyl (C=O) groups is 1. The van der Waals surface area contributed by atoms with Gasteiger partial charge in [-0.1, -0.05) is 85.5 Å². The number of unbranched alkanes of at least 4 members (excludes halogenated alkanes) is 8. The number of hydrogen-bond donors (Lipinski definition) is 0. The van der Waals surface area contributed by atoms with E-state index in [1.54, 1.807) is 0 Å². The van der Waals surface area contributed by atoms with Crippen LogP contribution in [0.25, 0.3) is 11.4 Å². The summed E-state index contributed by atoms with van der Waals surface area (Å²) in [6.45, 7) is 8.76. The minimum Gasteiger partial charge on any atom is -0.427 e. The largest absolute Gasteiger partial charge is 0.427 e. The number of ether oxygens (including phenoxy) is 1. The van der Waals surface area contributed by atoms with Gasteiger partial charge in [-0.2, -0.15) is 0 Å². The highest BCUT2D eigenvalue weighted by Gasteiger charge is 2.23. The van der Waals surface area contributed by atoms with Gasteiger partial charge in [-0.3, -0.25) is 4.79 Å². The number of aromatic nitrogens is 2. The van der Waals surface area contributed by atoms with Crippen molar-refractivity contribution >= 4 is 5.97 Å². The van der Waals surface area contributed by atoms with Crippen LogP contribution in [0.2, 0.25) is 0 Å². The van der Waals surface area contributed by atoms with Crippen molar-refractivity contribution in [3.63, 3.8) is 0 Å². The van der Waals surface area contributed by atoms with Crippen molar-refractivity contribution < 1.29 is 9.53 Å². The van der Waals surface area contributed by atoms with Gasteiger partial charge in [-0.25, -0.2) is 9.97 Å². The maximum Gasteiger partial charge on any atom is 0.311 e. The van der Waals surface area contributed by atoms with Crippen LogP contribution >= 0.6 is 0 Å². The third kappa shape index (κ3) is 11.0. The molecule has 182 valence electrons. The predicted octanol–water partition coefficient (Wildman–Crippen LogP) is 8.34. The van der Waals surface area contributed by atoms with Crippen molar-refractivity contribution in [3.8, 4) is 17.1 Å². The summed E-state index contributed by atoms with van der Waals surface area (Å²) in [5.74, 6) is 1.11. The van der Waals surface area contributed by atoms with E-state index in [4.69, 9.17) is 4.74 Å². The Morgan fingerprint density at radius 3 is 2.03 bits per heavy atom. The zero-order chi connectivity index (χ0) is 23.9. The summed E-state index contributed by atoms with van der Waals surface area (Å²) in [6.07, 6.45) is 19.0. The van der Waals surface area contributed by atoms with Gasteiger partial charge in [0.25, 0.3) is 0 Å². The van der Waals surface area contributed by atoms with Crippen LogP contribution < -0.4 is 4.74 Å². The molecule has 0 saturated carbocycles. The molecule has 33 heavy (non-hydrogen) atoms. The minimum atomic E-state index is -0.168. The Balaban J connectivity index is 1.79. The number of aryl methyl sites for hydroxylation is 1. The monoisotopic (exact) mass is 452 g/mol. The first-order chi connectivity index (χ1) is 15.9. The van der Waals surface area contributed by atoms with E-state index in [-0.39, 0.29) is 11.4 Å². The molecule has 0 amide bonds. The number of hydrogen-bond acceptors (Lipinski definition) is 4. The van der Waals surface area contributed by atoms with Crippen LogP contribution in [-0.2, 0) is 11.2 Å². The average molecular weight is 453 g/mol. The molecule has 2 rings (SSSR count). The van der Waals surface area contributed by atoms with Crippen molar-refractivity contribution in [1.82, 2.24) is 9.97 Å². The zero-order valence-corrected chi connectivity index (χ0v) is 21.4. The first-order valence-corrected chi connectivity index (χ1v) is 13.1. The van der Waals surface area contributed by atoms with Gasteiger partial charge in [0.1, 0.15) is 5.75 Å². The summed E-state index contributed by atoms with van der Waals surface area (Å²) in [5.41, 5.74) is 2.09. The quantitative estimate of drug-likeness (QED) is 0.146. The fourth-order valence-corrected chi connectivity index (χ4v) is 4.09. The molecule has 0 aliphatic rings. The Bertz CT molecular complexity index is 797. The third-order valence-electron chi connectivity index (χ3n) is 6.20. The molecular weight excluding hydrogens is 408 g/mol. The van der Waals surface area contributed by atoms with Gasteiger partial charge in [0.05, 0.1) is 6.42 Å². The van der Waals surface area contributed by atoms with Gasteiger partial charge in [0.15, 0.2) is 5.82 Å². The summed E-state index contributed by atoms with van der Waals surface area (Å²) >= 11 is 0. The van der Waals surface area contributed by atoms with Crippen LogP contribution in [0.3, 0.4) is 0 Å². The Morgan fingerprint density at radius 1 is 0.818 bits per heavy atom. The second-order valence-corrected chi connectivity index (χ2v) is 10.1. The minimum absolute atomic E-state index is 0.0319. The van der Waals surface area contributed by atoms with Crippen LogP contribution in [0.4, 0.5) is 0 Å². The fourth-order valence-electron chi connectivity index (χ4n) is 4.09. The van der Waals surface area contributed by atoms with Crippen molar-refractivity contribution in [1.29, 1.82) is 0 Å². The smallest absolute Gasteiger partial charge is 0.311 e. The van der Waals surface area contributed by atoms with E-state index in [0.717, 1.165) is 18.4 Å². The SMILES string of the molecule is CCCCCCCCc1cnc(-c2ccc(OC(=O)CC(C)(C)CCCCCC)cc2)nc1. The molecule has 1 aromatic carbocycles. The molecule has 0 spiro atoms. The first-order valence-electron chi connectivity index (χ1n) is 13.1. The topological polar surface area (TPSA) is 52.1 Å². The molecule has 0 N–H and O–H groups in total. The van der Waals surface area contributed by atoms with E-state index in [1.165, 1.54) is 69.8 Å². The molecule has 1 heterocycles. The lowest BCUT2D eigenvalue weighted by molar-refractivity contribution is -0.136. The van der Waals surface area contributed by atoms with Crippen molar-refractivity contribution in [3.05, 3.63) is 42.2 Å². The maximum absolute atomic E-state index is 12.4. The van der Waals surface area contributed by atoms with E-state index in [1.807, 2.05) is 36.7 Å². The summed E-state index contributed by atoms with van der Waals surface area (Å²) in [5, 5.41) is 0. The molecule has 2 aromatic rings. The fraction of sp³-hybridized carbons (Fsp3) is 0.621. The molecule has 4 heteroatoms. The molecule has 1 aromatic heterocycles. The molecule has 4 nitrogen and oxygen atoms in total. The molecule has 0 radical (unpaired) electrons. The Morgan fingerprint density at radius 2 is 1.39 bits per heavy atom. The molecule has 0 bridgehead atoms. The van der Waals surface area contributed by atoms with Crippen molar-refractivity contribution in [2.45, 2.75) is 111 Å². The number of nitrogens with zero attached hydrogens (tertiary/aromatic N) is 2. The number of carbonyl (C=O) groups excluding carboxylic acids is 1. The normalized spacial score (nSPS) is 11.5. The van der Waals surface area contributed by atoms with Crippen molar-refractivity contribution in [2.24, 2.45) is 5.41 Å². The lowest BCUT2D eigenvalue weighted by atomic mass is 9.83. The molecule has 0 fully saturated rings. The molecule has 0 saturated heterocycles. The number of esters is 1. The first kappa shape index (κ1) is 27.0. The second-order valence-electron chi connectivity index (χ2n) is 10.1. The Kier molecular flexibility index (Phi) is 12.1. The highest BCUT2D eigenvalue weighted by Crippen LogP contribution is 2.29. The van der Waals surface area contributed by atoms with E-state index in [9.17, 15) is 4.79 Å². The van der Waals surface area contributed by atoms with Crippen LogP contribution in [0.1, 0.15) is 110 Å². The molecular formula is C29H44N2O2.